The standard InChI is InChI=1S/C22H31NO3/c1-4-25-14-18(24)23-20-21(2,3)16-12-17-19(15-8-6-5-7-9-15)26-11-10-22(17,20)13-16/h5-9,16-17,19-20H,4,10-14H2,1-3H3,(H,23,24)/t16-,17-,19-,20+,22-/m1/s1. The molecule has 26 heavy (non-hydrogen) atoms. The molecule has 2 saturated carbocycles. The van der Waals surface area contributed by atoms with Crippen LogP contribution in [0.1, 0.15) is 51.7 Å². The van der Waals surface area contributed by atoms with Gasteiger partial charge in [0.25, 0.3) is 0 Å². The van der Waals surface area contributed by atoms with Crippen molar-refractivity contribution < 1.29 is 14.3 Å². The van der Waals surface area contributed by atoms with Gasteiger partial charge >= 0.3 is 0 Å². The quantitative estimate of drug-likeness (QED) is 0.874. The molecule has 1 N–H and O–H groups in total. The molecule has 2 bridgehead atoms. The van der Waals surface area contributed by atoms with Gasteiger partial charge in [0.1, 0.15) is 6.61 Å². The van der Waals surface area contributed by atoms with Gasteiger partial charge < -0.3 is 14.8 Å². The largest absolute Gasteiger partial charge is 0.373 e. The molecule has 2 aliphatic carbocycles. The number of nitrogens with one attached hydrogen (secondary N) is 1. The fourth-order valence-electron chi connectivity index (χ4n) is 6.16. The van der Waals surface area contributed by atoms with E-state index in [1.165, 1.54) is 18.4 Å². The molecule has 1 aromatic rings. The maximum Gasteiger partial charge on any atom is 0.246 e. The number of carbonyl (C=O) groups excluding carboxylic acids is 1. The summed E-state index contributed by atoms with van der Waals surface area (Å²) in [6.45, 7) is 8.10. The van der Waals surface area contributed by atoms with Crippen LogP contribution in [-0.2, 0) is 14.3 Å². The Morgan fingerprint density at radius 2 is 2.08 bits per heavy atom. The highest BCUT2D eigenvalue weighted by Crippen LogP contribution is 2.70. The van der Waals surface area contributed by atoms with Gasteiger partial charge in [-0.3, -0.25) is 4.79 Å². The molecule has 4 heteroatoms. The van der Waals surface area contributed by atoms with Gasteiger partial charge in [0.15, 0.2) is 0 Å². The molecule has 1 aromatic carbocycles. The van der Waals surface area contributed by atoms with Gasteiger partial charge in [-0.05, 0) is 54.4 Å². The first kappa shape index (κ1) is 18.0. The van der Waals surface area contributed by atoms with E-state index >= 15 is 0 Å². The van der Waals surface area contributed by atoms with E-state index in [1.807, 2.05) is 6.92 Å². The zero-order valence-electron chi connectivity index (χ0n) is 16.2. The lowest BCUT2D eigenvalue weighted by Gasteiger charge is -2.53. The lowest BCUT2D eigenvalue weighted by atomic mass is 9.59. The van der Waals surface area contributed by atoms with E-state index in [4.69, 9.17) is 9.47 Å². The molecular formula is C22H31NO3. The number of ether oxygens (including phenoxy) is 2. The number of fused-ring (bicyclic) bond motifs is 1. The van der Waals surface area contributed by atoms with Crippen LogP contribution in [0.25, 0.3) is 0 Å². The summed E-state index contributed by atoms with van der Waals surface area (Å²) in [6.07, 6.45) is 3.60. The molecule has 0 radical (unpaired) electrons. The van der Waals surface area contributed by atoms with Crippen molar-refractivity contribution >= 4 is 5.91 Å². The highest BCUT2D eigenvalue weighted by Gasteiger charge is 2.68. The molecule has 1 spiro atoms. The van der Waals surface area contributed by atoms with Crippen LogP contribution < -0.4 is 5.32 Å². The van der Waals surface area contributed by atoms with E-state index in [0.717, 1.165) is 13.0 Å². The van der Waals surface area contributed by atoms with E-state index in [1.54, 1.807) is 0 Å². The Kier molecular flexibility index (Phi) is 4.60. The summed E-state index contributed by atoms with van der Waals surface area (Å²) in [7, 11) is 0. The minimum absolute atomic E-state index is 0.0216. The van der Waals surface area contributed by atoms with Crippen molar-refractivity contribution in [2.45, 2.75) is 52.2 Å². The Morgan fingerprint density at radius 3 is 2.81 bits per heavy atom. The van der Waals surface area contributed by atoms with E-state index < -0.39 is 0 Å². The van der Waals surface area contributed by atoms with Crippen LogP contribution in [0.2, 0.25) is 0 Å². The molecular weight excluding hydrogens is 326 g/mol. The summed E-state index contributed by atoms with van der Waals surface area (Å²) >= 11 is 0. The minimum Gasteiger partial charge on any atom is -0.373 e. The summed E-state index contributed by atoms with van der Waals surface area (Å²) in [5.41, 5.74) is 1.55. The number of hydrogen-bond donors (Lipinski definition) is 1. The lowest BCUT2D eigenvalue weighted by molar-refractivity contribution is -0.140. The first-order valence-corrected chi connectivity index (χ1v) is 10.0. The molecule has 4 nitrogen and oxygen atoms in total. The van der Waals surface area contributed by atoms with Crippen molar-refractivity contribution in [2.75, 3.05) is 19.8 Å². The SMILES string of the molecule is CCOCC(=O)N[C@H]1C(C)(C)[C@@H]2C[C@@H]3[C@@H](c4ccccc4)OCC[C@@]31C2. The van der Waals surface area contributed by atoms with Crippen molar-refractivity contribution in [2.24, 2.45) is 22.7 Å². The Bertz CT molecular complexity index is 659. The van der Waals surface area contributed by atoms with E-state index in [9.17, 15) is 4.79 Å². The minimum atomic E-state index is 0.0216. The number of amides is 1. The summed E-state index contributed by atoms with van der Waals surface area (Å²) in [4.78, 5) is 12.5. The number of hydrogen-bond acceptors (Lipinski definition) is 3. The van der Waals surface area contributed by atoms with Crippen LogP contribution >= 0.6 is 0 Å². The third-order valence-corrected chi connectivity index (χ3v) is 7.38. The normalized spacial score (nSPS) is 37.3. The molecule has 1 saturated heterocycles. The second kappa shape index (κ2) is 6.65. The van der Waals surface area contributed by atoms with Crippen LogP contribution in [0, 0.1) is 22.7 Å². The zero-order chi connectivity index (χ0) is 18.4. The molecule has 0 aromatic heterocycles. The van der Waals surface area contributed by atoms with E-state index in [0.29, 0.717) is 18.4 Å². The van der Waals surface area contributed by atoms with Gasteiger partial charge in [0.2, 0.25) is 5.91 Å². The van der Waals surface area contributed by atoms with Crippen LogP contribution in [0.3, 0.4) is 0 Å². The summed E-state index contributed by atoms with van der Waals surface area (Å²) in [5, 5.41) is 3.38. The summed E-state index contributed by atoms with van der Waals surface area (Å²) in [5.74, 6) is 1.14. The highest BCUT2D eigenvalue weighted by molar-refractivity contribution is 5.77. The second-order valence-corrected chi connectivity index (χ2v) is 8.89. The van der Waals surface area contributed by atoms with Gasteiger partial charge in [0, 0.05) is 19.3 Å². The molecule has 3 fully saturated rings. The lowest BCUT2D eigenvalue weighted by Crippen LogP contribution is -2.59. The van der Waals surface area contributed by atoms with Gasteiger partial charge in [-0.25, -0.2) is 0 Å². The van der Waals surface area contributed by atoms with Crippen LogP contribution in [0.15, 0.2) is 30.3 Å². The predicted octanol–water partition coefficient (Wildman–Crippen LogP) is 3.72. The Morgan fingerprint density at radius 1 is 1.31 bits per heavy atom. The van der Waals surface area contributed by atoms with Crippen molar-refractivity contribution in [3.05, 3.63) is 35.9 Å². The molecule has 1 amide bonds. The first-order valence-electron chi connectivity index (χ1n) is 10.0. The van der Waals surface area contributed by atoms with Crippen LogP contribution in [-0.4, -0.2) is 31.8 Å². The Balaban J connectivity index is 1.62. The zero-order valence-corrected chi connectivity index (χ0v) is 16.2. The summed E-state index contributed by atoms with van der Waals surface area (Å²) < 4.78 is 11.6. The highest BCUT2D eigenvalue weighted by atomic mass is 16.5. The van der Waals surface area contributed by atoms with Crippen molar-refractivity contribution in [1.82, 2.24) is 5.32 Å². The molecule has 4 rings (SSSR count). The van der Waals surface area contributed by atoms with E-state index in [2.05, 4.69) is 49.5 Å². The van der Waals surface area contributed by atoms with Gasteiger partial charge in [-0.15, -0.1) is 0 Å². The predicted molar refractivity (Wildman–Crippen MR) is 101 cm³/mol. The molecule has 1 aliphatic heterocycles. The average Bonchev–Trinajstić information content (AvgIpc) is 3.13. The number of rotatable bonds is 5. The monoisotopic (exact) mass is 357 g/mol. The summed E-state index contributed by atoms with van der Waals surface area (Å²) in [6, 6.07) is 10.8. The number of carbonyl (C=O) groups is 1. The number of benzene rings is 1. The smallest absolute Gasteiger partial charge is 0.246 e. The van der Waals surface area contributed by atoms with Crippen molar-refractivity contribution in [3.8, 4) is 0 Å². The Hall–Kier alpha value is -1.39. The van der Waals surface area contributed by atoms with Crippen molar-refractivity contribution in [3.63, 3.8) is 0 Å². The van der Waals surface area contributed by atoms with Gasteiger partial charge in [-0.1, -0.05) is 44.2 Å². The molecule has 1 heterocycles. The van der Waals surface area contributed by atoms with Gasteiger partial charge in [-0.2, -0.15) is 0 Å². The molecule has 0 unspecified atom stereocenters. The van der Waals surface area contributed by atoms with Gasteiger partial charge in [0.05, 0.1) is 6.10 Å². The molecule has 5 atom stereocenters. The van der Waals surface area contributed by atoms with E-state index in [-0.39, 0.29) is 35.5 Å². The maximum absolute atomic E-state index is 12.5. The topological polar surface area (TPSA) is 47.6 Å². The van der Waals surface area contributed by atoms with Crippen molar-refractivity contribution in [1.29, 1.82) is 0 Å². The maximum atomic E-state index is 12.5. The fourth-order valence-corrected chi connectivity index (χ4v) is 6.16. The average molecular weight is 357 g/mol. The third kappa shape index (κ3) is 2.69. The fraction of sp³-hybridized carbons (Fsp3) is 0.682. The third-order valence-electron chi connectivity index (χ3n) is 7.38. The van der Waals surface area contributed by atoms with Crippen LogP contribution in [0.5, 0.6) is 0 Å². The van der Waals surface area contributed by atoms with Crippen LogP contribution in [0.4, 0.5) is 0 Å². The molecule has 142 valence electrons. The second-order valence-electron chi connectivity index (χ2n) is 8.89. The first-order chi connectivity index (χ1) is 12.5. The Labute approximate surface area is 156 Å². The molecule has 3 aliphatic rings.